The fourth-order valence-electron chi connectivity index (χ4n) is 3.87. The maximum atomic E-state index is 10.4. The summed E-state index contributed by atoms with van der Waals surface area (Å²) in [4.78, 5) is 10.4. The van der Waals surface area contributed by atoms with Crippen LogP contribution in [0.2, 0.25) is 0 Å². The molecule has 0 saturated carbocycles. The van der Waals surface area contributed by atoms with Crippen LogP contribution in [0.25, 0.3) is 0 Å². The zero-order valence-electron chi connectivity index (χ0n) is 20.5. The van der Waals surface area contributed by atoms with E-state index in [1.165, 1.54) is 70.6 Å². The number of carboxylic acids is 1. The summed E-state index contributed by atoms with van der Waals surface area (Å²) in [6.07, 6.45) is 32.9. The molecule has 0 amide bonds. The van der Waals surface area contributed by atoms with Gasteiger partial charge in [0.15, 0.2) is 0 Å². The molecule has 0 fully saturated rings. The molecule has 182 valence electrons. The summed E-state index contributed by atoms with van der Waals surface area (Å²) in [5.41, 5.74) is 0. The van der Waals surface area contributed by atoms with Gasteiger partial charge in [-0.15, -0.1) is 0 Å². The van der Waals surface area contributed by atoms with Gasteiger partial charge in [-0.3, -0.25) is 4.79 Å². The first-order valence-corrected chi connectivity index (χ1v) is 13.4. The zero-order chi connectivity index (χ0) is 22.8. The van der Waals surface area contributed by atoms with E-state index >= 15 is 0 Å². The number of carbonyl (C=O) groups is 1. The molecule has 0 rings (SSSR count). The van der Waals surface area contributed by atoms with Crippen LogP contribution in [0.5, 0.6) is 0 Å². The van der Waals surface area contributed by atoms with Crippen molar-refractivity contribution in [2.24, 2.45) is 0 Å². The summed E-state index contributed by atoms with van der Waals surface area (Å²) in [5, 5.41) is 18.6. The topological polar surface area (TPSA) is 57.5 Å². The van der Waals surface area contributed by atoms with Gasteiger partial charge >= 0.3 is 5.97 Å². The van der Waals surface area contributed by atoms with E-state index in [1.807, 2.05) is 0 Å². The number of hydrogen-bond donors (Lipinski definition) is 2. The Balaban J connectivity index is 3.32. The summed E-state index contributed by atoms with van der Waals surface area (Å²) < 4.78 is 0. The number of aliphatic hydroxyl groups is 1. The zero-order valence-corrected chi connectivity index (χ0v) is 20.5. The molecule has 2 N–H and O–H groups in total. The largest absolute Gasteiger partial charge is 0.481 e. The molecular weight excluding hydrogens is 384 g/mol. The van der Waals surface area contributed by atoms with E-state index < -0.39 is 5.97 Å². The van der Waals surface area contributed by atoms with Crippen molar-refractivity contribution in [2.45, 2.75) is 148 Å². The molecule has 31 heavy (non-hydrogen) atoms. The van der Waals surface area contributed by atoms with Crippen LogP contribution in [0.15, 0.2) is 24.3 Å². The van der Waals surface area contributed by atoms with Gasteiger partial charge in [0.1, 0.15) is 0 Å². The summed E-state index contributed by atoms with van der Waals surface area (Å²) in [6.45, 7) is 2.28. The molecule has 0 aromatic heterocycles. The van der Waals surface area contributed by atoms with E-state index in [0.717, 1.165) is 57.8 Å². The van der Waals surface area contributed by atoms with Crippen LogP contribution in [-0.2, 0) is 4.79 Å². The molecule has 0 saturated heterocycles. The normalized spacial score (nSPS) is 12.8. The molecule has 0 radical (unpaired) electrons. The minimum Gasteiger partial charge on any atom is -0.481 e. The standard InChI is InChI=1S/C28H52O3/c1-2-3-4-5-6-7-8-9-10-11-12-13-14-15-18-21-24-27(29)25-22-19-16-17-20-23-26-28(30)31/h13-14,18,21,27,29H,2-12,15-17,19-20,22-26H2,1H3,(H,30,31). The highest BCUT2D eigenvalue weighted by molar-refractivity contribution is 5.66. The lowest BCUT2D eigenvalue weighted by Crippen LogP contribution is -2.04. The van der Waals surface area contributed by atoms with Gasteiger partial charge in [0.2, 0.25) is 0 Å². The molecule has 3 heteroatoms. The Morgan fingerprint density at radius 3 is 1.81 bits per heavy atom. The van der Waals surface area contributed by atoms with Gasteiger partial charge in [0, 0.05) is 6.42 Å². The Bertz CT molecular complexity index is 428. The van der Waals surface area contributed by atoms with Crippen LogP contribution in [-0.4, -0.2) is 22.3 Å². The van der Waals surface area contributed by atoms with E-state index in [1.54, 1.807) is 0 Å². The lowest BCUT2D eigenvalue weighted by Gasteiger charge is -2.07. The van der Waals surface area contributed by atoms with Crippen LogP contribution in [0.1, 0.15) is 142 Å². The minimum absolute atomic E-state index is 0.223. The third kappa shape index (κ3) is 26.9. The molecule has 0 spiro atoms. The molecule has 1 atom stereocenters. The van der Waals surface area contributed by atoms with Crippen molar-refractivity contribution in [3.63, 3.8) is 0 Å². The second-order valence-electron chi connectivity index (χ2n) is 9.09. The SMILES string of the molecule is CCCCCCCCCCCCC=CCC=CCC(O)CCCCCCCCC(=O)O. The van der Waals surface area contributed by atoms with E-state index in [0.29, 0.717) is 6.42 Å². The summed E-state index contributed by atoms with van der Waals surface area (Å²) in [5.74, 6) is -0.694. The van der Waals surface area contributed by atoms with Crippen molar-refractivity contribution in [3.8, 4) is 0 Å². The van der Waals surface area contributed by atoms with Crippen molar-refractivity contribution in [3.05, 3.63) is 24.3 Å². The van der Waals surface area contributed by atoms with Gasteiger partial charge in [0.05, 0.1) is 6.10 Å². The molecule has 0 heterocycles. The average molecular weight is 437 g/mol. The van der Waals surface area contributed by atoms with E-state index in [4.69, 9.17) is 5.11 Å². The molecule has 3 nitrogen and oxygen atoms in total. The Morgan fingerprint density at radius 1 is 0.677 bits per heavy atom. The van der Waals surface area contributed by atoms with Crippen LogP contribution in [0.4, 0.5) is 0 Å². The molecule has 0 aliphatic heterocycles. The first kappa shape index (κ1) is 29.9. The van der Waals surface area contributed by atoms with Crippen LogP contribution in [0.3, 0.4) is 0 Å². The number of unbranched alkanes of at least 4 members (excludes halogenated alkanes) is 15. The summed E-state index contributed by atoms with van der Waals surface area (Å²) in [6, 6.07) is 0. The number of aliphatic carboxylic acids is 1. The van der Waals surface area contributed by atoms with Gasteiger partial charge in [0.25, 0.3) is 0 Å². The lowest BCUT2D eigenvalue weighted by molar-refractivity contribution is -0.137. The summed E-state index contributed by atoms with van der Waals surface area (Å²) >= 11 is 0. The predicted octanol–water partition coefficient (Wildman–Crippen LogP) is 8.76. The van der Waals surface area contributed by atoms with Gasteiger partial charge in [-0.2, -0.15) is 0 Å². The first-order chi connectivity index (χ1) is 15.2. The van der Waals surface area contributed by atoms with Gasteiger partial charge in [-0.1, -0.05) is 121 Å². The number of allylic oxidation sites excluding steroid dienone is 3. The average Bonchev–Trinajstić information content (AvgIpc) is 2.75. The van der Waals surface area contributed by atoms with Gasteiger partial charge < -0.3 is 10.2 Å². The van der Waals surface area contributed by atoms with Gasteiger partial charge in [-0.05, 0) is 38.5 Å². The molecule has 0 aromatic rings. The van der Waals surface area contributed by atoms with Crippen molar-refractivity contribution < 1.29 is 15.0 Å². The molecule has 0 aromatic carbocycles. The number of aliphatic hydroxyl groups excluding tert-OH is 1. The molecule has 0 bridgehead atoms. The molecule has 0 aliphatic rings. The van der Waals surface area contributed by atoms with Crippen LogP contribution >= 0.6 is 0 Å². The van der Waals surface area contributed by atoms with Crippen molar-refractivity contribution in [1.82, 2.24) is 0 Å². The Kier molecular flexibility index (Phi) is 24.3. The molecule has 1 unspecified atom stereocenters. The Morgan fingerprint density at radius 2 is 1.19 bits per heavy atom. The Labute approximate surface area is 193 Å². The smallest absolute Gasteiger partial charge is 0.303 e. The quantitative estimate of drug-likeness (QED) is 0.117. The third-order valence-corrected chi connectivity index (χ3v) is 5.92. The molecule has 0 aliphatic carbocycles. The van der Waals surface area contributed by atoms with Gasteiger partial charge in [-0.25, -0.2) is 0 Å². The minimum atomic E-state index is -0.694. The first-order valence-electron chi connectivity index (χ1n) is 13.4. The molecular formula is C28H52O3. The Hall–Kier alpha value is -1.09. The number of hydrogen-bond acceptors (Lipinski definition) is 2. The number of carboxylic acid groups (broad SMARTS) is 1. The second-order valence-corrected chi connectivity index (χ2v) is 9.09. The maximum Gasteiger partial charge on any atom is 0.303 e. The van der Waals surface area contributed by atoms with Crippen LogP contribution in [0, 0.1) is 0 Å². The second kappa shape index (κ2) is 25.2. The van der Waals surface area contributed by atoms with E-state index in [2.05, 4.69) is 31.2 Å². The monoisotopic (exact) mass is 436 g/mol. The third-order valence-electron chi connectivity index (χ3n) is 5.92. The fraction of sp³-hybridized carbons (Fsp3) is 0.821. The van der Waals surface area contributed by atoms with Crippen LogP contribution < -0.4 is 0 Å². The highest BCUT2D eigenvalue weighted by atomic mass is 16.4. The lowest BCUT2D eigenvalue weighted by atomic mass is 10.0. The maximum absolute atomic E-state index is 10.4. The summed E-state index contributed by atoms with van der Waals surface area (Å²) in [7, 11) is 0. The highest BCUT2D eigenvalue weighted by Crippen LogP contribution is 2.13. The van der Waals surface area contributed by atoms with Crippen molar-refractivity contribution >= 4 is 5.97 Å². The fourth-order valence-corrected chi connectivity index (χ4v) is 3.87. The van der Waals surface area contributed by atoms with E-state index in [9.17, 15) is 9.90 Å². The van der Waals surface area contributed by atoms with Crippen molar-refractivity contribution in [1.29, 1.82) is 0 Å². The predicted molar refractivity (Wildman–Crippen MR) is 135 cm³/mol. The van der Waals surface area contributed by atoms with E-state index in [-0.39, 0.29) is 6.10 Å². The highest BCUT2D eigenvalue weighted by Gasteiger charge is 2.01. The van der Waals surface area contributed by atoms with Crippen molar-refractivity contribution in [2.75, 3.05) is 0 Å². The number of rotatable bonds is 24.